The highest BCUT2D eigenvalue weighted by atomic mass is 16.5. The van der Waals surface area contributed by atoms with E-state index in [1.165, 1.54) is 24.0 Å². The minimum Gasteiger partial charge on any atom is -0.370 e. The van der Waals surface area contributed by atoms with Crippen LogP contribution in [0.5, 0.6) is 0 Å². The number of hydrogen-bond donors (Lipinski definition) is 1. The molecule has 1 aromatic carbocycles. The number of nitrogens with one attached hydrogen (secondary N) is 1. The van der Waals surface area contributed by atoms with Gasteiger partial charge in [-0.25, -0.2) is 0 Å². The molecule has 0 aromatic heterocycles. The van der Waals surface area contributed by atoms with Gasteiger partial charge in [0.2, 0.25) is 5.91 Å². The summed E-state index contributed by atoms with van der Waals surface area (Å²) in [5.41, 5.74) is 2.60. The minimum absolute atomic E-state index is 0.0765. The number of benzene rings is 1. The summed E-state index contributed by atoms with van der Waals surface area (Å²) in [4.78, 5) is 11.5. The monoisotopic (exact) mass is 287 g/mol. The third kappa shape index (κ3) is 3.13. The Kier molecular flexibility index (Phi) is 4.29. The van der Waals surface area contributed by atoms with Crippen molar-refractivity contribution in [3.05, 3.63) is 35.4 Å². The predicted octanol–water partition coefficient (Wildman–Crippen LogP) is 3.38. The maximum atomic E-state index is 11.5. The first kappa shape index (κ1) is 14.6. The molecular formula is C18H25NO2. The molecule has 1 saturated heterocycles. The van der Waals surface area contributed by atoms with Crippen LogP contribution in [0, 0.1) is 5.92 Å². The lowest BCUT2D eigenvalue weighted by Crippen LogP contribution is -2.47. The fraction of sp³-hybridized carbons (Fsp3) is 0.611. The van der Waals surface area contributed by atoms with Gasteiger partial charge in [-0.1, -0.05) is 37.6 Å². The average molecular weight is 287 g/mol. The normalized spacial score (nSPS) is 31.7. The molecule has 0 bridgehead atoms. The van der Waals surface area contributed by atoms with Crippen molar-refractivity contribution in [3.8, 4) is 0 Å². The molecule has 1 aliphatic carbocycles. The van der Waals surface area contributed by atoms with Gasteiger partial charge in [0.05, 0.1) is 12.2 Å². The number of amides is 1. The van der Waals surface area contributed by atoms with Gasteiger partial charge in [0.25, 0.3) is 0 Å². The van der Waals surface area contributed by atoms with E-state index in [-0.39, 0.29) is 18.1 Å². The van der Waals surface area contributed by atoms with Crippen LogP contribution in [-0.4, -0.2) is 18.1 Å². The second-order valence-corrected chi connectivity index (χ2v) is 6.40. The van der Waals surface area contributed by atoms with Crippen molar-refractivity contribution in [1.82, 2.24) is 5.32 Å². The van der Waals surface area contributed by atoms with Crippen molar-refractivity contribution in [2.75, 3.05) is 0 Å². The molecule has 2 aliphatic rings. The molecule has 114 valence electrons. The number of aryl methyl sites for hydroxylation is 1. The van der Waals surface area contributed by atoms with Gasteiger partial charge in [0.1, 0.15) is 0 Å². The van der Waals surface area contributed by atoms with Crippen molar-refractivity contribution >= 4 is 5.91 Å². The Hall–Kier alpha value is -1.35. The second-order valence-electron chi connectivity index (χ2n) is 6.40. The zero-order chi connectivity index (χ0) is 14.8. The molecule has 1 aromatic rings. The SMILES string of the molecule is CCc1ccc([C@H]2C[C@@H](NC(C)=O)[C@@H]3CCC[C@H]3O2)cc1. The van der Waals surface area contributed by atoms with Crippen LogP contribution in [0.15, 0.2) is 24.3 Å². The lowest BCUT2D eigenvalue weighted by molar-refractivity contribution is -0.124. The molecular weight excluding hydrogens is 262 g/mol. The quantitative estimate of drug-likeness (QED) is 0.925. The van der Waals surface area contributed by atoms with Gasteiger partial charge in [0.15, 0.2) is 0 Å². The van der Waals surface area contributed by atoms with E-state index in [1.807, 2.05) is 0 Å². The van der Waals surface area contributed by atoms with Crippen molar-refractivity contribution < 1.29 is 9.53 Å². The van der Waals surface area contributed by atoms with Crippen LogP contribution in [0.2, 0.25) is 0 Å². The molecule has 0 radical (unpaired) electrons. The summed E-state index contributed by atoms with van der Waals surface area (Å²) in [6.07, 6.45) is 5.91. The fourth-order valence-corrected chi connectivity index (χ4v) is 3.87. The summed E-state index contributed by atoms with van der Waals surface area (Å²) in [6.45, 7) is 3.78. The fourth-order valence-electron chi connectivity index (χ4n) is 3.87. The van der Waals surface area contributed by atoms with Gasteiger partial charge in [-0.3, -0.25) is 4.79 Å². The van der Waals surface area contributed by atoms with E-state index in [0.717, 1.165) is 19.3 Å². The van der Waals surface area contributed by atoms with Crippen molar-refractivity contribution in [2.24, 2.45) is 5.92 Å². The first-order valence-corrected chi connectivity index (χ1v) is 8.18. The largest absolute Gasteiger partial charge is 0.370 e. The average Bonchev–Trinajstić information content (AvgIpc) is 2.95. The number of carbonyl (C=O) groups excluding carboxylic acids is 1. The second kappa shape index (κ2) is 6.18. The van der Waals surface area contributed by atoms with Crippen LogP contribution in [0.3, 0.4) is 0 Å². The molecule has 0 unspecified atom stereocenters. The van der Waals surface area contributed by atoms with Crippen LogP contribution >= 0.6 is 0 Å². The summed E-state index contributed by atoms with van der Waals surface area (Å²) >= 11 is 0. The van der Waals surface area contributed by atoms with E-state index in [4.69, 9.17) is 4.74 Å². The standard InChI is InChI=1S/C18H25NO2/c1-3-13-7-9-14(10-8-13)18-11-16(19-12(2)20)15-5-4-6-17(15)21-18/h7-10,15-18H,3-6,11H2,1-2H3,(H,19,20)/t15-,16+,17+,18+/m0/s1. The first-order valence-electron chi connectivity index (χ1n) is 8.18. The molecule has 1 saturated carbocycles. The molecule has 1 aliphatic heterocycles. The van der Waals surface area contributed by atoms with Crippen LogP contribution in [-0.2, 0) is 16.0 Å². The van der Waals surface area contributed by atoms with E-state index < -0.39 is 0 Å². The van der Waals surface area contributed by atoms with Gasteiger partial charge < -0.3 is 10.1 Å². The topological polar surface area (TPSA) is 38.3 Å². The maximum absolute atomic E-state index is 11.5. The van der Waals surface area contributed by atoms with Crippen LogP contribution in [0.4, 0.5) is 0 Å². The molecule has 2 fully saturated rings. The van der Waals surface area contributed by atoms with E-state index in [2.05, 4.69) is 36.5 Å². The number of hydrogen-bond acceptors (Lipinski definition) is 2. The molecule has 3 rings (SSSR count). The zero-order valence-corrected chi connectivity index (χ0v) is 13.0. The van der Waals surface area contributed by atoms with Gasteiger partial charge >= 0.3 is 0 Å². The van der Waals surface area contributed by atoms with Crippen molar-refractivity contribution in [3.63, 3.8) is 0 Å². The highest BCUT2D eigenvalue weighted by Gasteiger charge is 2.42. The van der Waals surface area contributed by atoms with E-state index >= 15 is 0 Å². The van der Waals surface area contributed by atoms with Gasteiger partial charge in [0, 0.05) is 18.9 Å². The highest BCUT2D eigenvalue weighted by molar-refractivity contribution is 5.73. The Labute approximate surface area is 127 Å². The smallest absolute Gasteiger partial charge is 0.217 e. The molecule has 0 spiro atoms. The number of ether oxygens (including phenoxy) is 1. The van der Waals surface area contributed by atoms with Gasteiger partial charge in [-0.2, -0.15) is 0 Å². The summed E-state index contributed by atoms with van der Waals surface area (Å²) in [5, 5.41) is 3.16. The predicted molar refractivity (Wildman–Crippen MR) is 83.0 cm³/mol. The number of carbonyl (C=O) groups is 1. The minimum atomic E-state index is 0.0765. The summed E-state index contributed by atoms with van der Waals surface area (Å²) < 4.78 is 6.33. The van der Waals surface area contributed by atoms with E-state index in [9.17, 15) is 4.79 Å². The lowest BCUT2D eigenvalue weighted by Gasteiger charge is -2.39. The Morgan fingerprint density at radius 3 is 2.71 bits per heavy atom. The Bertz CT molecular complexity index is 496. The lowest BCUT2D eigenvalue weighted by atomic mass is 9.86. The highest BCUT2D eigenvalue weighted by Crippen LogP contribution is 2.42. The van der Waals surface area contributed by atoms with E-state index in [0.29, 0.717) is 12.0 Å². The molecule has 1 amide bonds. The van der Waals surface area contributed by atoms with Gasteiger partial charge in [-0.05, 0) is 36.8 Å². The van der Waals surface area contributed by atoms with Crippen LogP contribution in [0.25, 0.3) is 0 Å². The van der Waals surface area contributed by atoms with Gasteiger partial charge in [-0.15, -0.1) is 0 Å². The Morgan fingerprint density at radius 1 is 1.29 bits per heavy atom. The third-order valence-corrected chi connectivity index (χ3v) is 4.98. The molecule has 4 atom stereocenters. The van der Waals surface area contributed by atoms with Crippen molar-refractivity contribution in [2.45, 2.75) is 64.2 Å². The van der Waals surface area contributed by atoms with Crippen molar-refractivity contribution in [1.29, 1.82) is 0 Å². The summed E-state index contributed by atoms with van der Waals surface area (Å²) in [6, 6.07) is 9.01. The number of fused-ring (bicyclic) bond motifs is 1. The zero-order valence-electron chi connectivity index (χ0n) is 13.0. The molecule has 3 heteroatoms. The number of rotatable bonds is 3. The summed E-state index contributed by atoms with van der Waals surface area (Å²) in [5.74, 6) is 0.577. The molecule has 1 heterocycles. The Balaban J connectivity index is 1.77. The molecule has 1 N–H and O–H groups in total. The third-order valence-electron chi connectivity index (χ3n) is 4.98. The maximum Gasteiger partial charge on any atom is 0.217 e. The summed E-state index contributed by atoms with van der Waals surface area (Å²) in [7, 11) is 0. The first-order chi connectivity index (χ1) is 10.2. The molecule has 21 heavy (non-hydrogen) atoms. The van der Waals surface area contributed by atoms with Crippen LogP contribution < -0.4 is 5.32 Å². The molecule has 3 nitrogen and oxygen atoms in total. The Morgan fingerprint density at radius 2 is 2.05 bits per heavy atom. The van der Waals surface area contributed by atoms with E-state index in [1.54, 1.807) is 6.92 Å². The van der Waals surface area contributed by atoms with Crippen LogP contribution in [0.1, 0.15) is 56.8 Å².